The Morgan fingerprint density at radius 2 is 2.12 bits per heavy atom. The van der Waals surface area contributed by atoms with Crippen LogP contribution in [0.4, 0.5) is 0 Å². The Morgan fingerprint density at radius 1 is 1.38 bits per heavy atom. The highest BCUT2D eigenvalue weighted by Crippen LogP contribution is 2.27. The molecule has 88 valence electrons. The van der Waals surface area contributed by atoms with Crippen molar-refractivity contribution in [3.63, 3.8) is 0 Å². The number of hydrogen-bond acceptors (Lipinski definition) is 2. The Kier molecular flexibility index (Phi) is 4.38. The van der Waals surface area contributed by atoms with Crippen LogP contribution < -0.4 is 5.32 Å². The van der Waals surface area contributed by atoms with Crippen LogP contribution in [0.5, 0.6) is 0 Å². The van der Waals surface area contributed by atoms with E-state index in [0.29, 0.717) is 5.92 Å². The minimum absolute atomic E-state index is 0.319. The minimum atomic E-state index is -0.319. The van der Waals surface area contributed by atoms with Crippen molar-refractivity contribution in [1.82, 2.24) is 5.32 Å². The second-order valence-electron chi connectivity index (χ2n) is 4.50. The molecule has 1 aromatic carbocycles. The molecule has 0 bridgehead atoms. The van der Waals surface area contributed by atoms with Gasteiger partial charge in [-0.1, -0.05) is 28.1 Å². The average molecular weight is 284 g/mol. The number of benzene rings is 1. The van der Waals surface area contributed by atoms with Gasteiger partial charge >= 0.3 is 0 Å². The third-order valence-corrected chi connectivity index (χ3v) is 3.74. The van der Waals surface area contributed by atoms with Gasteiger partial charge in [-0.3, -0.25) is 0 Å². The normalized spacial score (nSPS) is 19.6. The first-order chi connectivity index (χ1) is 7.75. The fourth-order valence-corrected chi connectivity index (χ4v) is 2.70. The standard InChI is InChI=1S/C13H18BrNO/c14-12-3-1-2-11(9-12)13(16)8-10-4-6-15-7-5-10/h1-3,9-10,13,15-16H,4-8H2. The van der Waals surface area contributed by atoms with Gasteiger partial charge in [0.2, 0.25) is 0 Å². The molecule has 1 aliphatic heterocycles. The summed E-state index contributed by atoms with van der Waals surface area (Å²) in [4.78, 5) is 0. The topological polar surface area (TPSA) is 32.3 Å². The van der Waals surface area contributed by atoms with Crippen LogP contribution in [-0.4, -0.2) is 18.2 Å². The number of piperidine rings is 1. The van der Waals surface area contributed by atoms with E-state index >= 15 is 0 Å². The van der Waals surface area contributed by atoms with E-state index < -0.39 is 0 Å². The first kappa shape index (κ1) is 12.1. The van der Waals surface area contributed by atoms with Gasteiger partial charge in [-0.15, -0.1) is 0 Å². The number of hydrogen-bond donors (Lipinski definition) is 2. The highest BCUT2D eigenvalue weighted by atomic mass is 79.9. The van der Waals surface area contributed by atoms with Crippen molar-refractivity contribution in [1.29, 1.82) is 0 Å². The van der Waals surface area contributed by atoms with Crippen molar-refractivity contribution in [3.05, 3.63) is 34.3 Å². The van der Waals surface area contributed by atoms with E-state index in [9.17, 15) is 5.11 Å². The first-order valence-corrected chi connectivity index (χ1v) is 6.69. The molecule has 0 spiro atoms. The van der Waals surface area contributed by atoms with Gasteiger partial charge in [-0.2, -0.15) is 0 Å². The number of rotatable bonds is 3. The van der Waals surface area contributed by atoms with E-state index in [-0.39, 0.29) is 6.10 Å². The maximum atomic E-state index is 10.2. The fraction of sp³-hybridized carbons (Fsp3) is 0.538. The molecule has 1 aromatic rings. The van der Waals surface area contributed by atoms with Crippen molar-refractivity contribution in [2.45, 2.75) is 25.4 Å². The molecule has 3 heteroatoms. The molecule has 16 heavy (non-hydrogen) atoms. The molecule has 0 saturated carbocycles. The maximum Gasteiger partial charge on any atom is 0.0793 e. The Balaban J connectivity index is 1.94. The van der Waals surface area contributed by atoms with Crippen molar-refractivity contribution in [2.24, 2.45) is 5.92 Å². The first-order valence-electron chi connectivity index (χ1n) is 5.90. The highest BCUT2D eigenvalue weighted by molar-refractivity contribution is 9.10. The molecule has 1 unspecified atom stereocenters. The zero-order valence-corrected chi connectivity index (χ0v) is 10.9. The number of aliphatic hydroxyl groups excluding tert-OH is 1. The third-order valence-electron chi connectivity index (χ3n) is 3.25. The van der Waals surface area contributed by atoms with E-state index in [1.54, 1.807) is 0 Å². The summed E-state index contributed by atoms with van der Waals surface area (Å²) in [7, 11) is 0. The fourth-order valence-electron chi connectivity index (χ4n) is 2.28. The Morgan fingerprint density at radius 3 is 2.81 bits per heavy atom. The van der Waals surface area contributed by atoms with E-state index in [1.165, 1.54) is 12.8 Å². The summed E-state index contributed by atoms with van der Waals surface area (Å²) in [5, 5.41) is 13.5. The van der Waals surface area contributed by atoms with Crippen LogP contribution in [0.15, 0.2) is 28.7 Å². The quantitative estimate of drug-likeness (QED) is 0.894. The van der Waals surface area contributed by atoms with Crippen LogP contribution in [0.3, 0.4) is 0 Å². The predicted octanol–water partition coefficient (Wildman–Crippen LogP) is 2.87. The van der Waals surface area contributed by atoms with Crippen LogP contribution in [0, 0.1) is 5.92 Å². The van der Waals surface area contributed by atoms with E-state index in [0.717, 1.165) is 29.5 Å². The number of nitrogens with one attached hydrogen (secondary N) is 1. The molecular formula is C13H18BrNO. The van der Waals surface area contributed by atoms with Gasteiger partial charge in [-0.05, 0) is 56.0 Å². The summed E-state index contributed by atoms with van der Waals surface area (Å²) in [6.07, 6.45) is 2.94. The average Bonchev–Trinajstić information content (AvgIpc) is 2.30. The van der Waals surface area contributed by atoms with Crippen molar-refractivity contribution < 1.29 is 5.11 Å². The number of aliphatic hydroxyl groups is 1. The van der Waals surface area contributed by atoms with Crippen LogP contribution in [-0.2, 0) is 0 Å². The summed E-state index contributed by atoms with van der Waals surface area (Å²) >= 11 is 3.43. The molecular weight excluding hydrogens is 266 g/mol. The van der Waals surface area contributed by atoms with Crippen LogP contribution in [0.1, 0.15) is 30.9 Å². The largest absolute Gasteiger partial charge is 0.388 e. The summed E-state index contributed by atoms with van der Waals surface area (Å²) in [5.41, 5.74) is 1.02. The summed E-state index contributed by atoms with van der Waals surface area (Å²) in [6, 6.07) is 7.97. The molecule has 0 radical (unpaired) electrons. The molecule has 1 fully saturated rings. The monoisotopic (exact) mass is 283 g/mol. The second kappa shape index (κ2) is 5.80. The zero-order valence-electron chi connectivity index (χ0n) is 9.32. The van der Waals surface area contributed by atoms with Crippen LogP contribution in [0.2, 0.25) is 0 Å². The maximum absolute atomic E-state index is 10.2. The lowest BCUT2D eigenvalue weighted by Crippen LogP contribution is -2.28. The van der Waals surface area contributed by atoms with Crippen LogP contribution in [0.25, 0.3) is 0 Å². The van der Waals surface area contributed by atoms with E-state index in [1.807, 2.05) is 24.3 Å². The van der Waals surface area contributed by atoms with Gasteiger partial charge in [0.25, 0.3) is 0 Å². The molecule has 0 aliphatic carbocycles. The Bertz CT molecular complexity index is 336. The van der Waals surface area contributed by atoms with E-state index in [4.69, 9.17) is 0 Å². The molecule has 0 aromatic heterocycles. The number of halogens is 1. The van der Waals surface area contributed by atoms with Gasteiger partial charge in [0.1, 0.15) is 0 Å². The Hall–Kier alpha value is -0.380. The minimum Gasteiger partial charge on any atom is -0.388 e. The van der Waals surface area contributed by atoms with Crippen LogP contribution >= 0.6 is 15.9 Å². The van der Waals surface area contributed by atoms with Gasteiger partial charge in [0.15, 0.2) is 0 Å². The van der Waals surface area contributed by atoms with Crippen molar-refractivity contribution >= 4 is 15.9 Å². The molecule has 0 amide bonds. The van der Waals surface area contributed by atoms with Crippen molar-refractivity contribution in [2.75, 3.05) is 13.1 Å². The highest BCUT2D eigenvalue weighted by Gasteiger charge is 2.18. The molecule has 1 heterocycles. The summed E-state index contributed by atoms with van der Waals surface area (Å²) in [5.74, 6) is 0.662. The molecule has 2 nitrogen and oxygen atoms in total. The lowest BCUT2D eigenvalue weighted by molar-refractivity contribution is 0.133. The summed E-state index contributed by atoms with van der Waals surface area (Å²) < 4.78 is 1.04. The molecule has 2 N–H and O–H groups in total. The third kappa shape index (κ3) is 3.30. The molecule has 1 saturated heterocycles. The predicted molar refractivity (Wildman–Crippen MR) is 69.3 cm³/mol. The lowest BCUT2D eigenvalue weighted by atomic mass is 9.90. The van der Waals surface area contributed by atoms with E-state index in [2.05, 4.69) is 21.2 Å². The van der Waals surface area contributed by atoms with Gasteiger partial charge in [-0.25, -0.2) is 0 Å². The summed E-state index contributed by atoms with van der Waals surface area (Å²) in [6.45, 7) is 2.19. The second-order valence-corrected chi connectivity index (χ2v) is 5.42. The SMILES string of the molecule is OC(CC1CCNCC1)c1cccc(Br)c1. The van der Waals surface area contributed by atoms with Crippen molar-refractivity contribution in [3.8, 4) is 0 Å². The smallest absolute Gasteiger partial charge is 0.0793 e. The van der Waals surface area contributed by atoms with Gasteiger partial charge < -0.3 is 10.4 Å². The lowest BCUT2D eigenvalue weighted by Gasteiger charge is -2.25. The molecule has 1 atom stereocenters. The molecule has 1 aliphatic rings. The van der Waals surface area contributed by atoms with Gasteiger partial charge in [0, 0.05) is 4.47 Å². The zero-order chi connectivity index (χ0) is 11.4. The van der Waals surface area contributed by atoms with Gasteiger partial charge in [0.05, 0.1) is 6.10 Å². The molecule has 2 rings (SSSR count). The Labute approximate surface area is 105 Å².